The minimum Gasteiger partial charge on any atom is -0.326 e. The van der Waals surface area contributed by atoms with E-state index < -0.39 is 41.8 Å². The molecule has 0 fully saturated rings. The average molecular weight is 366 g/mol. The fraction of sp³-hybridized carbons (Fsp3) is 0.333. The number of hydrogen-bond acceptors (Lipinski definition) is 6. The topological polar surface area (TPSA) is 89.9 Å². The molecule has 0 amide bonds. The van der Waals surface area contributed by atoms with Gasteiger partial charge in [0.05, 0.1) is 5.56 Å². The molecule has 1 unspecified atom stereocenters. The maximum absolute atomic E-state index is 12.9. The zero-order chi connectivity index (χ0) is 16.3. The van der Waals surface area contributed by atoms with E-state index in [1.54, 1.807) is 0 Å². The van der Waals surface area contributed by atoms with Gasteiger partial charge in [0.15, 0.2) is 6.79 Å². The van der Waals surface area contributed by atoms with Gasteiger partial charge in [0, 0.05) is 4.90 Å². The van der Waals surface area contributed by atoms with Crippen LogP contribution in [0.3, 0.4) is 0 Å². The Bertz CT molecular complexity index is 631. The molecule has 0 saturated carbocycles. The molecule has 6 nitrogen and oxygen atoms in total. The summed E-state index contributed by atoms with van der Waals surface area (Å²) in [6.45, 7) is -1.16. The molecule has 0 aromatic heterocycles. The van der Waals surface area contributed by atoms with Crippen molar-refractivity contribution in [3.05, 3.63) is 23.8 Å². The van der Waals surface area contributed by atoms with E-state index in [1.807, 2.05) is 0 Å². The Morgan fingerprint density at radius 2 is 2.00 bits per heavy atom. The number of halogens is 3. The summed E-state index contributed by atoms with van der Waals surface area (Å²) < 4.78 is 80.9. The van der Waals surface area contributed by atoms with Gasteiger partial charge in [0.2, 0.25) is 0 Å². The Hall–Kier alpha value is -0.580. The third-order valence-electron chi connectivity index (χ3n) is 2.14. The van der Waals surface area contributed by atoms with Gasteiger partial charge >= 0.3 is 24.5 Å². The van der Waals surface area contributed by atoms with Crippen molar-refractivity contribution < 1.29 is 39.8 Å². The first-order valence-electron chi connectivity index (χ1n) is 5.09. The highest BCUT2D eigenvalue weighted by atomic mass is 32.2. The van der Waals surface area contributed by atoms with Crippen molar-refractivity contribution in [1.82, 2.24) is 0 Å². The van der Waals surface area contributed by atoms with Crippen molar-refractivity contribution >= 4 is 30.1 Å². The Morgan fingerprint density at radius 1 is 1.38 bits per heavy atom. The first kappa shape index (κ1) is 18.5. The second kappa shape index (κ2) is 7.12. The molecule has 1 rings (SSSR count). The van der Waals surface area contributed by atoms with E-state index in [0.29, 0.717) is 6.07 Å². The lowest BCUT2D eigenvalue weighted by Gasteiger charge is -2.15. The molecule has 0 saturated heterocycles. The van der Waals surface area contributed by atoms with Crippen LogP contribution in [0, 0.1) is 0 Å². The molecule has 1 N–H and O–H groups in total. The van der Waals surface area contributed by atoms with Crippen molar-refractivity contribution in [1.29, 1.82) is 0 Å². The number of alkyl halides is 3. The summed E-state index contributed by atoms with van der Waals surface area (Å²) in [6, 6.07) is 2.86. The summed E-state index contributed by atoms with van der Waals surface area (Å²) in [7, 11) is -8.27. The van der Waals surface area contributed by atoms with Gasteiger partial charge < -0.3 is 4.89 Å². The van der Waals surface area contributed by atoms with E-state index in [0.717, 1.165) is 17.8 Å². The summed E-state index contributed by atoms with van der Waals surface area (Å²) in [6.07, 6.45) is -3.50. The van der Waals surface area contributed by atoms with Crippen LogP contribution in [0.4, 0.5) is 13.2 Å². The van der Waals surface area contributed by atoms with E-state index in [-0.39, 0.29) is 4.90 Å². The monoisotopic (exact) mass is 366 g/mol. The zero-order valence-electron chi connectivity index (χ0n) is 10.4. The lowest BCUT2D eigenvalue weighted by atomic mass is 10.2. The van der Waals surface area contributed by atoms with E-state index >= 15 is 0 Å². The minimum atomic E-state index is -4.90. The third-order valence-corrected chi connectivity index (χ3v) is 4.76. The van der Waals surface area contributed by atoms with Gasteiger partial charge in [-0.15, -0.1) is 11.8 Å². The first-order chi connectivity index (χ1) is 9.59. The SMILES string of the molecule is CSc1cccc(C(F)(F)F)c1S(=O)(=O)OCO[PH](=O)O. The molecular weight excluding hydrogens is 356 g/mol. The molecule has 0 radical (unpaired) electrons. The minimum absolute atomic E-state index is 0.165. The normalized spacial score (nSPS) is 14.1. The van der Waals surface area contributed by atoms with Crippen LogP contribution in [0.25, 0.3) is 0 Å². The standard InChI is InChI=1S/C9H10F3O6PS2/c1-20-7-4-2-3-6(9(10,11)12)8(7)21(15,16)18-5-17-19(13)14/h2-4,19H,5H2,1H3,(H,13,14). The van der Waals surface area contributed by atoms with Crippen molar-refractivity contribution in [2.24, 2.45) is 0 Å². The number of rotatable bonds is 6. The van der Waals surface area contributed by atoms with Crippen LogP contribution in [0.5, 0.6) is 0 Å². The van der Waals surface area contributed by atoms with E-state index in [9.17, 15) is 26.2 Å². The molecule has 1 aromatic rings. The second-order valence-corrected chi connectivity index (χ2v) is 6.66. The maximum Gasteiger partial charge on any atom is 0.417 e. The van der Waals surface area contributed by atoms with E-state index in [2.05, 4.69) is 8.71 Å². The lowest BCUT2D eigenvalue weighted by Crippen LogP contribution is -2.17. The smallest absolute Gasteiger partial charge is 0.326 e. The first-order valence-corrected chi connectivity index (χ1v) is 8.98. The number of thioether (sulfide) groups is 1. The largest absolute Gasteiger partial charge is 0.417 e. The third kappa shape index (κ3) is 4.97. The summed E-state index contributed by atoms with van der Waals surface area (Å²) in [5.74, 6) is 0. The molecule has 0 aliphatic rings. The van der Waals surface area contributed by atoms with Gasteiger partial charge in [-0.05, 0) is 18.4 Å². The molecule has 0 heterocycles. The Kier molecular flexibility index (Phi) is 6.26. The van der Waals surface area contributed by atoms with Crippen molar-refractivity contribution in [2.75, 3.05) is 13.0 Å². The summed E-state index contributed by atoms with van der Waals surface area (Å²) in [4.78, 5) is 7.15. The highest BCUT2D eigenvalue weighted by Crippen LogP contribution is 2.39. The van der Waals surface area contributed by atoms with E-state index in [4.69, 9.17) is 4.89 Å². The van der Waals surface area contributed by atoms with Crippen LogP contribution in [-0.2, 0) is 29.6 Å². The molecule has 0 bridgehead atoms. The van der Waals surface area contributed by atoms with Crippen LogP contribution >= 0.6 is 20.0 Å². The molecule has 21 heavy (non-hydrogen) atoms. The van der Waals surface area contributed by atoms with Gasteiger partial charge in [0.25, 0.3) is 0 Å². The van der Waals surface area contributed by atoms with Crippen molar-refractivity contribution in [3.63, 3.8) is 0 Å². The summed E-state index contributed by atoms with van der Waals surface area (Å²) in [5.41, 5.74) is -1.38. The predicted molar refractivity (Wildman–Crippen MR) is 68.7 cm³/mol. The van der Waals surface area contributed by atoms with Crippen LogP contribution in [0.2, 0.25) is 0 Å². The van der Waals surface area contributed by atoms with E-state index in [1.165, 1.54) is 12.3 Å². The second-order valence-electron chi connectivity index (χ2n) is 3.43. The van der Waals surface area contributed by atoms with Crippen LogP contribution in [-0.4, -0.2) is 26.4 Å². The summed E-state index contributed by atoms with van der Waals surface area (Å²) in [5, 5.41) is 0. The Labute approximate surface area is 123 Å². The highest BCUT2D eigenvalue weighted by molar-refractivity contribution is 7.99. The molecular formula is C9H10F3O6PS2. The summed E-state index contributed by atoms with van der Waals surface area (Å²) >= 11 is 0.788. The van der Waals surface area contributed by atoms with Gasteiger partial charge in [-0.2, -0.15) is 21.6 Å². The molecule has 12 heteroatoms. The predicted octanol–water partition coefficient (Wildman–Crippen LogP) is 2.49. The molecule has 0 aliphatic heterocycles. The molecule has 0 aliphatic carbocycles. The maximum atomic E-state index is 12.9. The quantitative estimate of drug-likeness (QED) is 0.358. The van der Waals surface area contributed by atoms with Gasteiger partial charge in [-0.25, -0.2) is 4.18 Å². The fourth-order valence-electron chi connectivity index (χ4n) is 1.35. The van der Waals surface area contributed by atoms with Crippen molar-refractivity contribution in [3.8, 4) is 0 Å². The van der Waals surface area contributed by atoms with Crippen LogP contribution in [0.15, 0.2) is 28.0 Å². The van der Waals surface area contributed by atoms with Crippen LogP contribution in [0.1, 0.15) is 5.56 Å². The molecule has 1 aromatic carbocycles. The van der Waals surface area contributed by atoms with Crippen molar-refractivity contribution in [2.45, 2.75) is 16.0 Å². The lowest BCUT2D eigenvalue weighted by molar-refractivity contribution is -0.140. The number of hydrogen-bond donors (Lipinski definition) is 1. The number of benzene rings is 1. The zero-order valence-corrected chi connectivity index (χ0v) is 13.0. The molecule has 0 spiro atoms. The Morgan fingerprint density at radius 3 is 2.48 bits per heavy atom. The van der Waals surface area contributed by atoms with Crippen LogP contribution < -0.4 is 0 Å². The Balaban J connectivity index is 3.29. The fourth-order valence-corrected chi connectivity index (χ4v) is 3.73. The highest BCUT2D eigenvalue weighted by Gasteiger charge is 2.39. The molecule has 120 valence electrons. The molecule has 1 atom stereocenters. The average Bonchev–Trinajstić information content (AvgIpc) is 2.36. The van der Waals surface area contributed by atoms with Gasteiger partial charge in [-0.1, -0.05) is 6.07 Å². The van der Waals surface area contributed by atoms with Gasteiger partial charge in [-0.3, -0.25) is 9.09 Å². The van der Waals surface area contributed by atoms with Gasteiger partial charge in [0.1, 0.15) is 4.90 Å².